The number of carbonyl (C=O) groups is 2. The van der Waals surface area contributed by atoms with Crippen molar-refractivity contribution in [1.29, 1.82) is 0 Å². The maximum Gasteiger partial charge on any atom is 0.338 e. The van der Waals surface area contributed by atoms with Gasteiger partial charge < -0.3 is 14.4 Å². The van der Waals surface area contributed by atoms with Crippen LogP contribution >= 0.6 is 0 Å². The van der Waals surface area contributed by atoms with Gasteiger partial charge in [-0.25, -0.2) is 4.79 Å². The minimum absolute atomic E-state index is 0.340. The van der Waals surface area contributed by atoms with Gasteiger partial charge in [0.15, 0.2) is 0 Å². The lowest BCUT2D eigenvalue weighted by molar-refractivity contribution is -0.132. The highest BCUT2D eigenvalue weighted by atomic mass is 16.5. The lowest BCUT2D eigenvalue weighted by Crippen LogP contribution is -2.11. The summed E-state index contributed by atoms with van der Waals surface area (Å²) in [4.78, 5) is 25.4. The van der Waals surface area contributed by atoms with Gasteiger partial charge in [-0.15, -0.1) is 0 Å². The van der Waals surface area contributed by atoms with Gasteiger partial charge in [0.25, 0.3) is 0 Å². The Hall–Kier alpha value is -4.64. The van der Waals surface area contributed by atoms with Crippen LogP contribution in [0.15, 0.2) is 103 Å². The summed E-state index contributed by atoms with van der Waals surface area (Å²) in [5, 5.41) is 0. The number of nitrogens with zero attached hydrogens (tertiary/aromatic N) is 1. The Labute approximate surface area is 236 Å². The van der Waals surface area contributed by atoms with Gasteiger partial charge in [0.2, 0.25) is 0 Å². The van der Waals surface area contributed by atoms with E-state index < -0.39 is 5.97 Å². The molecule has 0 aliphatic heterocycles. The predicted octanol–water partition coefficient (Wildman–Crippen LogP) is 8.88. The lowest BCUT2D eigenvalue weighted by atomic mass is 10.0. The molecule has 4 aromatic rings. The molecule has 0 unspecified atom stereocenters. The molecular formula is C35H35NO4. The quantitative estimate of drug-likeness (QED) is 0.116. The predicted molar refractivity (Wildman–Crippen MR) is 162 cm³/mol. The van der Waals surface area contributed by atoms with E-state index in [-0.39, 0.29) is 5.97 Å². The van der Waals surface area contributed by atoms with Gasteiger partial charge in [-0.1, -0.05) is 50.3 Å². The topological polar surface area (TPSA) is 55.8 Å². The van der Waals surface area contributed by atoms with E-state index in [1.165, 1.54) is 18.1 Å². The van der Waals surface area contributed by atoms with Gasteiger partial charge in [-0.05, 0) is 110 Å². The normalized spacial score (nSPS) is 10.6. The maximum absolute atomic E-state index is 12.0. The standard InChI is InChI=1S/C35H35NO4/c1-6-7-8-29-23-32(14-9-25(29)4)36(31-17-21-34(22-18-31)40-35(38)24(2)3)30-15-10-27(11-16-30)28-12-19-33(20-13-28)39-26(5)37/h9-23H,2,6-8H2,1,3-5H3. The van der Waals surface area contributed by atoms with Crippen LogP contribution in [0.2, 0.25) is 0 Å². The van der Waals surface area contributed by atoms with Crippen LogP contribution < -0.4 is 14.4 Å². The van der Waals surface area contributed by atoms with E-state index in [9.17, 15) is 9.59 Å². The largest absolute Gasteiger partial charge is 0.427 e. The number of hydrogen-bond donors (Lipinski definition) is 0. The first-order chi connectivity index (χ1) is 19.2. The van der Waals surface area contributed by atoms with Crippen molar-refractivity contribution in [2.24, 2.45) is 0 Å². The highest BCUT2D eigenvalue weighted by Crippen LogP contribution is 2.37. The molecule has 4 rings (SSSR count). The summed E-state index contributed by atoms with van der Waals surface area (Å²) in [6, 6.07) is 29.9. The van der Waals surface area contributed by atoms with Crippen LogP contribution in [0.5, 0.6) is 11.5 Å². The number of carbonyl (C=O) groups excluding carboxylic acids is 2. The van der Waals surface area contributed by atoms with Crippen molar-refractivity contribution >= 4 is 29.0 Å². The summed E-state index contributed by atoms with van der Waals surface area (Å²) in [6.45, 7) is 11.0. The molecule has 0 N–H and O–H groups in total. The van der Waals surface area contributed by atoms with E-state index >= 15 is 0 Å². The molecule has 0 saturated carbocycles. The van der Waals surface area contributed by atoms with Crippen molar-refractivity contribution in [1.82, 2.24) is 0 Å². The average molecular weight is 534 g/mol. The summed E-state index contributed by atoms with van der Waals surface area (Å²) in [5.74, 6) is 0.208. The summed E-state index contributed by atoms with van der Waals surface area (Å²) in [5.41, 5.74) is 8.04. The van der Waals surface area contributed by atoms with Crippen LogP contribution in [-0.4, -0.2) is 11.9 Å². The van der Waals surface area contributed by atoms with E-state index in [4.69, 9.17) is 9.47 Å². The number of esters is 2. The highest BCUT2D eigenvalue weighted by molar-refractivity contribution is 5.89. The zero-order valence-electron chi connectivity index (χ0n) is 23.6. The van der Waals surface area contributed by atoms with E-state index in [1.807, 2.05) is 24.3 Å². The molecule has 0 radical (unpaired) electrons. The van der Waals surface area contributed by atoms with Crippen molar-refractivity contribution in [3.63, 3.8) is 0 Å². The summed E-state index contributed by atoms with van der Waals surface area (Å²) in [7, 11) is 0. The molecule has 0 aliphatic carbocycles. The second-order valence-corrected chi connectivity index (χ2v) is 9.88. The number of unbranched alkanes of at least 4 members (excludes halogenated alkanes) is 1. The molecule has 0 heterocycles. The monoisotopic (exact) mass is 533 g/mol. The third kappa shape index (κ3) is 7.06. The van der Waals surface area contributed by atoms with E-state index in [2.05, 4.69) is 67.8 Å². The molecule has 0 fully saturated rings. The zero-order chi connectivity index (χ0) is 28.6. The molecule has 0 atom stereocenters. The third-order valence-electron chi connectivity index (χ3n) is 6.62. The molecule has 5 nitrogen and oxygen atoms in total. The van der Waals surface area contributed by atoms with Gasteiger partial charge >= 0.3 is 11.9 Å². The SMILES string of the molecule is C=C(C)C(=O)Oc1ccc(N(c2ccc(-c3ccc(OC(C)=O)cc3)cc2)c2ccc(C)c(CCCC)c2)cc1. The third-order valence-corrected chi connectivity index (χ3v) is 6.62. The van der Waals surface area contributed by atoms with Gasteiger partial charge in [0.1, 0.15) is 11.5 Å². The zero-order valence-corrected chi connectivity index (χ0v) is 23.6. The Morgan fingerprint density at radius 1 is 0.725 bits per heavy atom. The summed E-state index contributed by atoms with van der Waals surface area (Å²) < 4.78 is 10.6. The van der Waals surface area contributed by atoms with E-state index in [0.717, 1.165) is 47.5 Å². The Bertz CT molecular complexity index is 1490. The van der Waals surface area contributed by atoms with E-state index in [1.54, 1.807) is 31.2 Å². The minimum atomic E-state index is -0.444. The van der Waals surface area contributed by atoms with Gasteiger partial charge in [-0.2, -0.15) is 0 Å². The fraction of sp³-hybridized carbons (Fsp3) is 0.200. The fourth-order valence-electron chi connectivity index (χ4n) is 4.42. The Balaban J connectivity index is 1.69. The van der Waals surface area contributed by atoms with Crippen molar-refractivity contribution in [3.8, 4) is 22.6 Å². The molecule has 4 aromatic carbocycles. The van der Waals surface area contributed by atoms with Crippen LogP contribution in [0.4, 0.5) is 17.1 Å². The minimum Gasteiger partial charge on any atom is -0.427 e. The molecule has 0 bridgehead atoms. The first-order valence-electron chi connectivity index (χ1n) is 13.5. The Morgan fingerprint density at radius 3 is 1.77 bits per heavy atom. The first kappa shape index (κ1) is 28.4. The molecule has 0 aromatic heterocycles. The van der Waals surface area contributed by atoms with Crippen LogP contribution in [0, 0.1) is 6.92 Å². The van der Waals surface area contributed by atoms with Crippen LogP contribution in [0.25, 0.3) is 11.1 Å². The van der Waals surface area contributed by atoms with Crippen LogP contribution in [-0.2, 0) is 16.0 Å². The number of rotatable bonds is 10. The van der Waals surface area contributed by atoms with Gasteiger partial charge in [0.05, 0.1) is 0 Å². The molecule has 0 aliphatic rings. The van der Waals surface area contributed by atoms with E-state index in [0.29, 0.717) is 17.1 Å². The molecule has 0 amide bonds. The van der Waals surface area contributed by atoms with Gasteiger partial charge in [0, 0.05) is 29.6 Å². The maximum atomic E-state index is 12.0. The lowest BCUT2D eigenvalue weighted by Gasteiger charge is -2.27. The highest BCUT2D eigenvalue weighted by Gasteiger charge is 2.15. The molecule has 40 heavy (non-hydrogen) atoms. The first-order valence-corrected chi connectivity index (χ1v) is 13.5. The van der Waals surface area contributed by atoms with Crippen molar-refractivity contribution in [3.05, 3.63) is 114 Å². The van der Waals surface area contributed by atoms with Gasteiger partial charge in [-0.3, -0.25) is 4.79 Å². The summed E-state index contributed by atoms with van der Waals surface area (Å²) in [6.07, 6.45) is 3.31. The molecule has 0 saturated heterocycles. The number of aryl methyl sites for hydroxylation is 2. The Morgan fingerprint density at radius 2 is 1.23 bits per heavy atom. The van der Waals surface area contributed by atoms with Crippen molar-refractivity contribution in [2.75, 3.05) is 4.90 Å². The fourth-order valence-corrected chi connectivity index (χ4v) is 4.42. The van der Waals surface area contributed by atoms with Crippen LogP contribution in [0.1, 0.15) is 44.7 Å². The number of hydrogen-bond acceptors (Lipinski definition) is 5. The molecule has 5 heteroatoms. The second-order valence-electron chi connectivity index (χ2n) is 9.88. The molecular weight excluding hydrogens is 498 g/mol. The molecule has 204 valence electrons. The van der Waals surface area contributed by atoms with Crippen molar-refractivity contribution in [2.45, 2.75) is 47.0 Å². The van der Waals surface area contributed by atoms with Crippen LogP contribution in [0.3, 0.4) is 0 Å². The smallest absolute Gasteiger partial charge is 0.338 e. The second kappa shape index (κ2) is 12.9. The number of anilines is 3. The average Bonchev–Trinajstić information content (AvgIpc) is 2.94. The molecule has 0 spiro atoms. The number of benzene rings is 4. The number of ether oxygens (including phenoxy) is 2. The van der Waals surface area contributed by atoms with Crippen molar-refractivity contribution < 1.29 is 19.1 Å². The Kier molecular flexibility index (Phi) is 9.18. The summed E-state index contributed by atoms with van der Waals surface area (Å²) >= 11 is 0.